The summed E-state index contributed by atoms with van der Waals surface area (Å²) >= 11 is 0. The van der Waals surface area contributed by atoms with E-state index in [1.165, 1.54) is 22.2 Å². The smallest absolute Gasteiger partial charge is 0.257 e. The highest BCUT2D eigenvalue weighted by molar-refractivity contribution is 6.04. The van der Waals surface area contributed by atoms with Crippen LogP contribution in [0.3, 0.4) is 0 Å². The van der Waals surface area contributed by atoms with Crippen molar-refractivity contribution < 1.29 is 9.18 Å². The number of halogens is 1. The Balaban J connectivity index is 1.44. The molecule has 0 spiro atoms. The second kappa shape index (κ2) is 8.91. The lowest BCUT2D eigenvalue weighted by molar-refractivity contribution is -0.134. The lowest BCUT2D eigenvalue weighted by Crippen LogP contribution is -2.40. The molecule has 3 aromatic rings. The van der Waals surface area contributed by atoms with Crippen LogP contribution >= 0.6 is 0 Å². The highest BCUT2D eigenvalue weighted by atomic mass is 19.1. The van der Waals surface area contributed by atoms with Crippen molar-refractivity contribution >= 4 is 11.6 Å². The highest BCUT2D eigenvalue weighted by Gasteiger charge is 2.35. The molecule has 0 bridgehead atoms. The van der Waals surface area contributed by atoms with Gasteiger partial charge in [-0.1, -0.05) is 60.2 Å². The van der Waals surface area contributed by atoms with Crippen LogP contribution < -0.4 is 0 Å². The summed E-state index contributed by atoms with van der Waals surface area (Å²) < 4.78 is 14.8. The largest absolute Gasteiger partial charge is 0.290 e. The molecule has 0 radical (unpaired) electrons. The van der Waals surface area contributed by atoms with Gasteiger partial charge in [0, 0.05) is 30.6 Å². The maximum absolute atomic E-state index is 14.8. The van der Waals surface area contributed by atoms with E-state index in [4.69, 9.17) is 5.10 Å². The first-order valence-electron chi connectivity index (χ1n) is 11.5. The number of amides is 1. The molecular formula is C28H28FN3O. The molecule has 1 amide bonds. The quantitative estimate of drug-likeness (QED) is 0.559. The molecule has 0 aromatic heterocycles. The van der Waals surface area contributed by atoms with Gasteiger partial charge >= 0.3 is 0 Å². The minimum absolute atomic E-state index is 0.0945. The number of hydrogen-bond donors (Lipinski definition) is 0. The molecule has 2 aliphatic rings. The Labute approximate surface area is 194 Å². The van der Waals surface area contributed by atoms with Crippen LogP contribution in [0.25, 0.3) is 0 Å². The first-order valence-corrected chi connectivity index (χ1v) is 11.5. The summed E-state index contributed by atoms with van der Waals surface area (Å²) in [5.74, 6) is -0.396. The van der Waals surface area contributed by atoms with Crippen LogP contribution in [0.2, 0.25) is 0 Å². The van der Waals surface area contributed by atoms with Crippen LogP contribution in [0.5, 0.6) is 0 Å². The SMILES string of the molecule is Cc1ccc(C)c(C2=NN(C(=O)CN3CCc4ccccc4C3)C(c3ccccc3F)C2)c1. The van der Waals surface area contributed by atoms with Gasteiger partial charge in [0.2, 0.25) is 0 Å². The minimum atomic E-state index is -0.439. The Bertz CT molecular complexity index is 1240. The molecule has 168 valence electrons. The third kappa shape index (κ3) is 4.33. The van der Waals surface area contributed by atoms with E-state index >= 15 is 0 Å². The maximum Gasteiger partial charge on any atom is 0.257 e. The fraction of sp³-hybridized carbons (Fsp3) is 0.286. The second-order valence-corrected chi connectivity index (χ2v) is 9.07. The topological polar surface area (TPSA) is 35.9 Å². The number of nitrogens with zero attached hydrogens (tertiary/aromatic N) is 3. The van der Waals surface area contributed by atoms with Gasteiger partial charge < -0.3 is 0 Å². The first kappa shape index (κ1) is 21.5. The zero-order valence-corrected chi connectivity index (χ0v) is 19.1. The summed E-state index contributed by atoms with van der Waals surface area (Å²) in [5, 5.41) is 6.30. The maximum atomic E-state index is 14.8. The molecule has 0 N–H and O–H groups in total. The second-order valence-electron chi connectivity index (χ2n) is 9.07. The van der Waals surface area contributed by atoms with E-state index in [1.807, 2.05) is 26.0 Å². The molecule has 2 aliphatic heterocycles. The highest BCUT2D eigenvalue weighted by Crippen LogP contribution is 2.35. The number of fused-ring (bicyclic) bond motifs is 1. The number of hydrazone groups is 1. The van der Waals surface area contributed by atoms with Crippen molar-refractivity contribution in [3.8, 4) is 0 Å². The van der Waals surface area contributed by atoms with E-state index in [0.29, 0.717) is 12.0 Å². The monoisotopic (exact) mass is 441 g/mol. The standard InChI is InChI=1S/C28H28FN3O/c1-19-11-12-20(2)24(15-19)26-16-27(23-9-5-6-10-25(23)29)32(30-26)28(33)18-31-14-13-21-7-3-4-8-22(21)17-31/h3-12,15,27H,13-14,16-18H2,1-2H3. The number of benzene rings is 3. The summed E-state index contributed by atoms with van der Waals surface area (Å²) in [5.41, 5.74) is 7.23. The van der Waals surface area contributed by atoms with E-state index in [-0.39, 0.29) is 18.3 Å². The molecule has 0 saturated carbocycles. The Morgan fingerprint density at radius 3 is 2.61 bits per heavy atom. The lowest BCUT2D eigenvalue weighted by Gasteiger charge is -2.30. The predicted molar refractivity (Wildman–Crippen MR) is 128 cm³/mol. The van der Waals surface area contributed by atoms with Crippen molar-refractivity contribution in [2.75, 3.05) is 13.1 Å². The van der Waals surface area contributed by atoms with Gasteiger partial charge in [-0.2, -0.15) is 5.10 Å². The van der Waals surface area contributed by atoms with Gasteiger partial charge in [0.1, 0.15) is 5.82 Å². The minimum Gasteiger partial charge on any atom is -0.290 e. The van der Waals surface area contributed by atoms with E-state index in [1.54, 1.807) is 12.1 Å². The Kier molecular flexibility index (Phi) is 5.81. The van der Waals surface area contributed by atoms with Crippen molar-refractivity contribution in [2.24, 2.45) is 5.10 Å². The Hall–Kier alpha value is -3.31. The van der Waals surface area contributed by atoms with E-state index in [9.17, 15) is 9.18 Å². The van der Waals surface area contributed by atoms with Crippen molar-refractivity contribution in [3.05, 3.63) is 106 Å². The van der Waals surface area contributed by atoms with Crippen LogP contribution in [0, 0.1) is 19.7 Å². The van der Waals surface area contributed by atoms with Crippen molar-refractivity contribution in [1.82, 2.24) is 9.91 Å². The third-order valence-electron chi connectivity index (χ3n) is 6.70. The lowest BCUT2D eigenvalue weighted by atomic mass is 9.95. The van der Waals surface area contributed by atoms with Crippen molar-refractivity contribution in [2.45, 2.75) is 39.3 Å². The van der Waals surface area contributed by atoms with Gasteiger partial charge in [-0.25, -0.2) is 9.40 Å². The van der Waals surface area contributed by atoms with E-state index < -0.39 is 6.04 Å². The van der Waals surface area contributed by atoms with Crippen LogP contribution in [-0.4, -0.2) is 34.6 Å². The number of carbonyl (C=O) groups is 1. The number of rotatable bonds is 4. The molecule has 33 heavy (non-hydrogen) atoms. The molecular weight excluding hydrogens is 413 g/mol. The average molecular weight is 442 g/mol. The van der Waals surface area contributed by atoms with Gasteiger partial charge in [-0.05, 0) is 49.1 Å². The summed E-state index contributed by atoms with van der Waals surface area (Å²) in [7, 11) is 0. The van der Waals surface area contributed by atoms with Crippen molar-refractivity contribution in [1.29, 1.82) is 0 Å². The van der Waals surface area contributed by atoms with Gasteiger partial charge in [0.15, 0.2) is 0 Å². The van der Waals surface area contributed by atoms with Crippen LogP contribution in [0.15, 0.2) is 71.8 Å². The number of aryl methyl sites for hydroxylation is 2. The zero-order chi connectivity index (χ0) is 22.9. The molecule has 0 aliphatic carbocycles. The van der Waals surface area contributed by atoms with Crippen molar-refractivity contribution in [3.63, 3.8) is 0 Å². The van der Waals surface area contributed by atoms with Crippen LogP contribution in [0.1, 0.15) is 45.8 Å². The molecule has 5 rings (SSSR count). The van der Waals surface area contributed by atoms with E-state index in [0.717, 1.165) is 41.9 Å². The third-order valence-corrected chi connectivity index (χ3v) is 6.70. The van der Waals surface area contributed by atoms with Gasteiger partial charge in [-0.3, -0.25) is 9.69 Å². The molecule has 0 saturated heterocycles. The molecule has 1 atom stereocenters. The molecule has 4 nitrogen and oxygen atoms in total. The Morgan fingerprint density at radius 1 is 1.03 bits per heavy atom. The fourth-order valence-electron chi connectivity index (χ4n) is 4.89. The summed E-state index contributed by atoms with van der Waals surface area (Å²) in [6.07, 6.45) is 1.43. The van der Waals surface area contributed by atoms with Crippen LogP contribution in [-0.2, 0) is 17.8 Å². The summed E-state index contributed by atoms with van der Waals surface area (Å²) in [4.78, 5) is 15.7. The van der Waals surface area contributed by atoms with Gasteiger partial charge in [0.25, 0.3) is 5.91 Å². The molecule has 0 fully saturated rings. The normalized spacial score (nSPS) is 18.2. The zero-order valence-electron chi connectivity index (χ0n) is 19.1. The molecule has 3 aromatic carbocycles. The Morgan fingerprint density at radius 2 is 1.79 bits per heavy atom. The summed E-state index contributed by atoms with van der Waals surface area (Å²) in [6, 6.07) is 20.9. The molecule has 1 unspecified atom stereocenters. The van der Waals surface area contributed by atoms with Crippen LogP contribution in [0.4, 0.5) is 4.39 Å². The van der Waals surface area contributed by atoms with E-state index in [2.05, 4.69) is 41.3 Å². The summed E-state index contributed by atoms with van der Waals surface area (Å²) in [6.45, 7) is 5.93. The fourth-order valence-corrected chi connectivity index (χ4v) is 4.89. The predicted octanol–water partition coefficient (Wildman–Crippen LogP) is 5.18. The van der Waals surface area contributed by atoms with Gasteiger partial charge in [-0.15, -0.1) is 0 Å². The van der Waals surface area contributed by atoms with Gasteiger partial charge in [0.05, 0.1) is 18.3 Å². The first-order chi connectivity index (χ1) is 16.0. The molecule has 2 heterocycles. The average Bonchev–Trinajstić information content (AvgIpc) is 3.26. The number of carbonyl (C=O) groups excluding carboxylic acids is 1. The molecule has 5 heteroatoms. The number of hydrogen-bond acceptors (Lipinski definition) is 3.